The number of H-pyrrole nitrogens is 2. The molecule has 4 aromatic carbocycles. The summed E-state index contributed by atoms with van der Waals surface area (Å²) < 4.78 is 22.1. The normalized spacial score (nSPS) is 12.3. The van der Waals surface area contributed by atoms with E-state index >= 15 is 0 Å². The van der Waals surface area contributed by atoms with Gasteiger partial charge in [-0.15, -0.1) is 21.4 Å². The van der Waals surface area contributed by atoms with Crippen LogP contribution in [0.25, 0.3) is 22.3 Å². The van der Waals surface area contributed by atoms with Gasteiger partial charge in [0.15, 0.2) is 0 Å². The minimum Gasteiger partial charge on any atom is -0.657 e. The van der Waals surface area contributed by atoms with E-state index in [2.05, 4.69) is 107 Å². The molecule has 8 aromatic rings. The van der Waals surface area contributed by atoms with E-state index in [4.69, 9.17) is 28.9 Å². The predicted molar refractivity (Wildman–Crippen MR) is 218 cm³/mol. The van der Waals surface area contributed by atoms with Gasteiger partial charge in [-0.05, 0) is 117 Å². The molecule has 9 heteroatoms. The SMILES string of the molecule is COc1ccc(C2=c3ccc([n-]3)=C(c3ccc(OC)cc3)c3ccc([nH]3)C(c3ccc(OC)cc3)=c3ccc([n-]3)=C(c3ccc(OC)cc3)c3ccc2[nH]3)cc1.[Co+2]. The Bertz CT molecular complexity index is 2540. The number of nitrogens with one attached hydrogen (secondary N) is 2. The zero-order valence-corrected chi connectivity index (χ0v) is 32.8. The maximum atomic E-state index is 5.53. The molecule has 5 heterocycles. The first-order chi connectivity index (χ1) is 27.5. The summed E-state index contributed by atoms with van der Waals surface area (Å²) in [4.78, 5) is 18.4. The van der Waals surface area contributed by atoms with Gasteiger partial charge in [0, 0.05) is 22.8 Å². The third-order valence-corrected chi connectivity index (χ3v) is 10.3. The van der Waals surface area contributed by atoms with E-state index in [0.717, 1.165) is 112 Å². The van der Waals surface area contributed by atoms with Crippen molar-refractivity contribution in [2.45, 2.75) is 0 Å². The zero-order valence-electron chi connectivity index (χ0n) is 31.7. The van der Waals surface area contributed by atoms with Gasteiger partial charge in [-0.1, -0.05) is 72.8 Å². The first kappa shape index (κ1) is 37.1. The van der Waals surface area contributed by atoms with Crippen LogP contribution in [0.3, 0.4) is 0 Å². The maximum Gasteiger partial charge on any atom is 2.00 e. The summed E-state index contributed by atoms with van der Waals surface area (Å²) in [5, 5.41) is 3.31. The average molecular weight is 794 g/mol. The summed E-state index contributed by atoms with van der Waals surface area (Å²) in [6, 6.07) is 49.2. The van der Waals surface area contributed by atoms with E-state index in [1.54, 1.807) is 28.4 Å². The number of rotatable bonds is 8. The number of hydrogen-bond donors (Lipinski definition) is 2. The van der Waals surface area contributed by atoms with E-state index in [-0.39, 0.29) is 16.8 Å². The molecule has 0 aliphatic carbocycles. The van der Waals surface area contributed by atoms with Gasteiger partial charge in [0.1, 0.15) is 23.0 Å². The van der Waals surface area contributed by atoms with E-state index < -0.39 is 0 Å². The summed E-state index contributed by atoms with van der Waals surface area (Å²) in [5.74, 6) is 3.12. The Morgan fingerprint density at radius 3 is 0.702 bits per heavy atom. The molecular formula is C48H38CoN4O4. The molecule has 4 aromatic heterocycles. The van der Waals surface area contributed by atoms with Crippen LogP contribution in [0.4, 0.5) is 0 Å². The smallest absolute Gasteiger partial charge is 0.657 e. The number of methoxy groups -OCH3 is 4. The van der Waals surface area contributed by atoms with E-state index in [1.165, 1.54) is 0 Å². The number of benzene rings is 4. The van der Waals surface area contributed by atoms with Gasteiger partial charge in [0.05, 0.1) is 28.4 Å². The molecule has 57 heavy (non-hydrogen) atoms. The molecular weight excluding hydrogens is 755 g/mol. The maximum absolute atomic E-state index is 5.53. The Balaban J connectivity index is 0.00000455. The van der Waals surface area contributed by atoms with Crippen LogP contribution < -0.4 is 50.3 Å². The standard InChI is InChI=1S/C48H38N4O4.Co/c1-53-33-13-5-29(6-14-33)45-37-21-23-39(49-37)46(30-7-15-34(54-2)16-8-30)41-25-27-43(51-41)48(32-11-19-36(56-4)20-12-32)44-28-26-42(52-44)47(40-24-22-38(45)50-40)31-9-17-35(55-3)18-10-31;/h5-28,49,52H,1-4H3;/q-2;+2. The molecule has 8 nitrogen and oxygen atoms in total. The molecule has 1 radical (unpaired) electrons. The van der Waals surface area contributed by atoms with Gasteiger partial charge < -0.3 is 38.9 Å². The number of hydrogen-bond acceptors (Lipinski definition) is 4. The first-order valence-electron chi connectivity index (χ1n) is 18.3. The van der Waals surface area contributed by atoms with Crippen LogP contribution in [-0.2, 0) is 16.8 Å². The minimum absolute atomic E-state index is 0. The fourth-order valence-corrected chi connectivity index (χ4v) is 7.45. The van der Waals surface area contributed by atoms with Crippen molar-refractivity contribution < 1.29 is 35.7 Å². The summed E-state index contributed by atoms with van der Waals surface area (Å²) in [6.07, 6.45) is 0. The molecule has 0 spiro atoms. The van der Waals surface area contributed by atoms with Crippen molar-refractivity contribution in [1.29, 1.82) is 0 Å². The third-order valence-electron chi connectivity index (χ3n) is 10.3. The molecule has 283 valence electrons. The Hall–Kier alpha value is -6.81. The Kier molecular flexibility index (Phi) is 10.3. The van der Waals surface area contributed by atoms with Crippen molar-refractivity contribution in [2.75, 3.05) is 28.4 Å². The fourth-order valence-electron chi connectivity index (χ4n) is 7.45. The van der Waals surface area contributed by atoms with Crippen LogP contribution in [-0.4, -0.2) is 38.4 Å². The van der Waals surface area contributed by atoms with Gasteiger partial charge in [-0.25, -0.2) is 0 Å². The molecule has 0 unspecified atom stereocenters. The molecule has 0 saturated carbocycles. The van der Waals surface area contributed by atoms with Crippen molar-refractivity contribution in [3.05, 3.63) is 212 Å². The minimum atomic E-state index is 0. The topological polar surface area (TPSA) is 96.7 Å². The van der Waals surface area contributed by atoms with Gasteiger partial charge in [-0.3, -0.25) is 0 Å². The van der Waals surface area contributed by atoms with E-state index in [9.17, 15) is 0 Å². The Labute approximate surface area is 340 Å². The third kappa shape index (κ3) is 6.99. The second-order valence-corrected chi connectivity index (χ2v) is 13.4. The van der Waals surface area contributed by atoms with E-state index in [1.807, 2.05) is 48.5 Å². The van der Waals surface area contributed by atoms with Gasteiger partial charge >= 0.3 is 16.8 Å². The average Bonchev–Trinajstić information content (AvgIpc) is 4.10. The number of aromatic nitrogens is 4. The fraction of sp³-hybridized carbons (Fsp3) is 0.0833. The molecule has 8 bridgehead atoms. The summed E-state index contributed by atoms with van der Waals surface area (Å²) in [5.41, 5.74) is 11.5. The quantitative estimate of drug-likeness (QED) is 0.209. The van der Waals surface area contributed by atoms with Crippen molar-refractivity contribution in [2.24, 2.45) is 0 Å². The molecule has 9 rings (SSSR count). The molecule has 1 aliphatic heterocycles. The summed E-state index contributed by atoms with van der Waals surface area (Å²) >= 11 is 0. The number of nitrogens with zero attached hydrogens (tertiary/aromatic N) is 2. The van der Waals surface area contributed by atoms with Crippen molar-refractivity contribution in [3.8, 4) is 23.0 Å². The first-order valence-corrected chi connectivity index (χ1v) is 18.3. The molecule has 2 N–H and O–H groups in total. The number of ether oxygens (including phenoxy) is 4. The van der Waals surface area contributed by atoms with Crippen LogP contribution in [0.1, 0.15) is 45.0 Å². The van der Waals surface area contributed by atoms with Crippen LogP contribution in [0.5, 0.6) is 23.0 Å². The largest absolute Gasteiger partial charge is 2.00 e. The molecule has 0 saturated heterocycles. The second kappa shape index (κ2) is 15.7. The monoisotopic (exact) mass is 793 g/mol. The predicted octanol–water partition coefficient (Wildman–Crippen LogP) is 5.59. The van der Waals surface area contributed by atoms with Crippen LogP contribution in [0.15, 0.2) is 146 Å². The summed E-state index contributed by atoms with van der Waals surface area (Å²) in [7, 11) is 6.71. The molecule has 0 fully saturated rings. The zero-order chi connectivity index (χ0) is 38.2. The molecule has 0 amide bonds. The second-order valence-electron chi connectivity index (χ2n) is 13.4. The van der Waals surface area contributed by atoms with Gasteiger partial charge in [0.2, 0.25) is 0 Å². The molecule has 0 atom stereocenters. The van der Waals surface area contributed by atoms with Crippen LogP contribution in [0, 0.1) is 0 Å². The van der Waals surface area contributed by atoms with Crippen molar-refractivity contribution in [1.82, 2.24) is 19.9 Å². The van der Waals surface area contributed by atoms with Crippen LogP contribution in [0.2, 0.25) is 0 Å². The summed E-state index contributed by atoms with van der Waals surface area (Å²) in [6.45, 7) is 0. The van der Waals surface area contributed by atoms with Gasteiger partial charge in [0.25, 0.3) is 0 Å². The van der Waals surface area contributed by atoms with Crippen molar-refractivity contribution in [3.63, 3.8) is 0 Å². The Morgan fingerprint density at radius 2 is 0.509 bits per heavy atom. The van der Waals surface area contributed by atoms with Crippen LogP contribution >= 0.6 is 0 Å². The molecule has 1 aliphatic rings. The number of aromatic amines is 2. The van der Waals surface area contributed by atoms with E-state index in [0.29, 0.717) is 0 Å². The number of fused-ring (bicyclic) bond motifs is 8. The Morgan fingerprint density at radius 1 is 0.298 bits per heavy atom. The van der Waals surface area contributed by atoms with Gasteiger partial charge in [-0.2, -0.15) is 0 Å². The van der Waals surface area contributed by atoms with Crippen molar-refractivity contribution >= 4 is 22.3 Å².